The van der Waals surface area contributed by atoms with Crippen molar-refractivity contribution in [2.45, 2.75) is 43.8 Å². The summed E-state index contributed by atoms with van der Waals surface area (Å²) in [6.07, 6.45) is 4.52. The van der Waals surface area contributed by atoms with Gasteiger partial charge in [-0.15, -0.1) is 0 Å². The van der Waals surface area contributed by atoms with Crippen molar-refractivity contribution in [3.63, 3.8) is 0 Å². The number of carbonyl (C=O) groups excluding carboxylic acids is 1. The normalized spacial score (nSPS) is 12.1. The van der Waals surface area contributed by atoms with E-state index >= 15 is 0 Å². The summed E-state index contributed by atoms with van der Waals surface area (Å²) in [5.74, 6) is 0.755. The van der Waals surface area contributed by atoms with Crippen molar-refractivity contribution in [2.75, 3.05) is 0 Å². The minimum Gasteiger partial charge on any atom is -0.350 e. The van der Waals surface area contributed by atoms with Crippen LogP contribution in [0.25, 0.3) is 11.0 Å². The van der Waals surface area contributed by atoms with Crippen LogP contribution in [0.4, 0.5) is 0 Å². The van der Waals surface area contributed by atoms with Crippen molar-refractivity contribution in [1.29, 1.82) is 0 Å². The van der Waals surface area contributed by atoms with E-state index in [1.807, 2.05) is 67.7 Å². The van der Waals surface area contributed by atoms with Crippen molar-refractivity contribution in [3.8, 4) is 0 Å². The number of amides is 1. The number of pyridine rings is 1. The molecule has 1 amide bonds. The van der Waals surface area contributed by atoms with E-state index in [0.717, 1.165) is 38.9 Å². The Hall–Kier alpha value is -2.83. The molecule has 0 bridgehead atoms. The third-order valence-corrected chi connectivity index (χ3v) is 6.64. The van der Waals surface area contributed by atoms with Gasteiger partial charge in [0.15, 0.2) is 5.16 Å². The van der Waals surface area contributed by atoms with Gasteiger partial charge in [0, 0.05) is 28.6 Å². The molecule has 5 nitrogen and oxygen atoms in total. The average molecular weight is 465 g/mol. The number of imidazole rings is 1. The number of hydrogen-bond acceptors (Lipinski definition) is 4. The number of benzene rings is 2. The monoisotopic (exact) mass is 464 g/mol. The molecule has 164 valence electrons. The summed E-state index contributed by atoms with van der Waals surface area (Å²) >= 11 is 7.69. The Morgan fingerprint density at radius 3 is 2.53 bits per heavy atom. The fourth-order valence-corrected chi connectivity index (χ4v) is 4.39. The van der Waals surface area contributed by atoms with Crippen LogP contribution in [0.5, 0.6) is 0 Å². The molecule has 0 radical (unpaired) electrons. The first-order valence-corrected chi connectivity index (χ1v) is 12.0. The predicted molar refractivity (Wildman–Crippen MR) is 131 cm³/mol. The lowest BCUT2D eigenvalue weighted by Crippen LogP contribution is -2.31. The highest BCUT2D eigenvalue weighted by Crippen LogP contribution is 2.28. The molecule has 0 aliphatic rings. The minimum absolute atomic E-state index is 0.0395. The van der Waals surface area contributed by atoms with Gasteiger partial charge in [0.05, 0.1) is 23.8 Å². The number of thioether (sulfide) groups is 1. The number of aromatic nitrogens is 3. The molecule has 2 aromatic carbocycles. The third-order valence-electron chi connectivity index (χ3n) is 5.34. The number of carbonyl (C=O) groups is 1. The van der Waals surface area contributed by atoms with E-state index in [4.69, 9.17) is 16.6 Å². The summed E-state index contributed by atoms with van der Waals surface area (Å²) in [7, 11) is 0. The van der Waals surface area contributed by atoms with Crippen LogP contribution in [0, 0.1) is 0 Å². The fourth-order valence-electron chi connectivity index (χ4n) is 3.29. The van der Waals surface area contributed by atoms with Crippen molar-refractivity contribution < 1.29 is 4.79 Å². The van der Waals surface area contributed by atoms with Crippen LogP contribution < -0.4 is 5.32 Å². The quantitative estimate of drug-likeness (QED) is 0.327. The first-order chi connectivity index (χ1) is 15.5. The Morgan fingerprint density at radius 1 is 1.09 bits per heavy atom. The van der Waals surface area contributed by atoms with Gasteiger partial charge in [-0.3, -0.25) is 9.78 Å². The SMILES string of the molecule is CC[C@H](C)NC(=O)c1ccc(Cn2c(SCc3ccc(Cl)cc3)nc3ccncc32)cc1. The number of hydrogen-bond donors (Lipinski definition) is 1. The summed E-state index contributed by atoms with van der Waals surface area (Å²) in [5.41, 5.74) is 4.87. The second-order valence-electron chi connectivity index (χ2n) is 7.74. The van der Waals surface area contributed by atoms with Crippen molar-refractivity contribution in [2.24, 2.45) is 0 Å². The van der Waals surface area contributed by atoms with E-state index in [-0.39, 0.29) is 11.9 Å². The van der Waals surface area contributed by atoms with E-state index in [9.17, 15) is 4.79 Å². The van der Waals surface area contributed by atoms with Crippen molar-refractivity contribution in [3.05, 3.63) is 88.7 Å². The minimum atomic E-state index is -0.0395. The second-order valence-corrected chi connectivity index (χ2v) is 9.12. The summed E-state index contributed by atoms with van der Waals surface area (Å²) in [4.78, 5) is 21.5. The molecule has 0 saturated carbocycles. The molecule has 0 aliphatic carbocycles. The third kappa shape index (κ3) is 5.31. The molecule has 1 N–H and O–H groups in total. The molecule has 0 fully saturated rings. The molecular formula is C25H25ClN4OS. The van der Waals surface area contributed by atoms with Gasteiger partial charge in [-0.1, -0.05) is 54.6 Å². The van der Waals surface area contributed by atoms with Gasteiger partial charge < -0.3 is 9.88 Å². The Labute approximate surface area is 197 Å². The smallest absolute Gasteiger partial charge is 0.251 e. The largest absolute Gasteiger partial charge is 0.350 e. The molecule has 4 rings (SSSR count). The highest BCUT2D eigenvalue weighted by Gasteiger charge is 2.13. The van der Waals surface area contributed by atoms with Crippen LogP contribution in [-0.4, -0.2) is 26.5 Å². The summed E-state index contributed by atoms with van der Waals surface area (Å²) in [6, 6.07) is 17.7. The Bertz CT molecular complexity index is 1210. The highest BCUT2D eigenvalue weighted by atomic mass is 35.5. The van der Waals surface area contributed by atoms with Gasteiger partial charge in [0.25, 0.3) is 5.91 Å². The number of fused-ring (bicyclic) bond motifs is 1. The second kappa shape index (κ2) is 10.2. The first kappa shape index (κ1) is 22.4. The summed E-state index contributed by atoms with van der Waals surface area (Å²) in [6.45, 7) is 4.72. The molecule has 2 heterocycles. The molecule has 0 aliphatic heterocycles. The van der Waals surface area contributed by atoms with E-state index in [1.54, 1.807) is 18.0 Å². The van der Waals surface area contributed by atoms with Crippen molar-refractivity contribution >= 4 is 40.3 Å². The van der Waals surface area contributed by atoms with Crippen LogP contribution in [0.1, 0.15) is 41.8 Å². The Morgan fingerprint density at radius 2 is 1.81 bits per heavy atom. The summed E-state index contributed by atoms with van der Waals surface area (Å²) in [5, 5.41) is 4.67. The molecule has 0 spiro atoms. The van der Waals surface area contributed by atoms with Gasteiger partial charge in [-0.05, 0) is 54.8 Å². The van der Waals surface area contributed by atoms with E-state index in [0.29, 0.717) is 12.1 Å². The number of rotatable bonds is 8. The fraction of sp³-hybridized carbons (Fsp3) is 0.240. The highest BCUT2D eigenvalue weighted by molar-refractivity contribution is 7.98. The molecule has 32 heavy (non-hydrogen) atoms. The van der Waals surface area contributed by atoms with E-state index in [2.05, 4.69) is 21.8 Å². The summed E-state index contributed by atoms with van der Waals surface area (Å²) < 4.78 is 2.18. The maximum Gasteiger partial charge on any atom is 0.251 e. The standard InChI is InChI=1S/C25H25ClN4OS/c1-3-17(2)28-24(31)20-8-4-18(5-9-20)15-30-23-14-27-13-12-22(23)29-25(30)32-16-19-6-10-21(26)11-7-19/h4-14,17H,3,15-16H2,1-2H3,(H,28,31)/t17-/m0/s1. The van der Waals surface area contributed by atoms with Gasteiger partial charge in [0.1, 0.15) is 0 Å². The predicted octanol–water partition coefficient (Wildman–Crippen LogP) is 5.95. The Balaban J connectivity index is 1.54. The lowest BCUT2D eigenvalue weighted by Gasteiger charge is -2.12. The molecule has 1 atom stereocenters. The molecule has 2 aromatic heterocycles. The number of nitrogens with one attached hydrogen (secondary N) is 1. The lowest BCUT2D eigenvalue weighted by atomic mass is 10.1. The maximum atomic E-state index is 12.4. The van der Waals surface area contributed by atoms with E-state index in [1.165, 1.54) is 5.56 Å². The molecular weight excluding hydrogens is 440 g/mol. The maximum absolute atomic E-state index is 12.4. The zero-order chi connectivity index (χ0) is 22.5. The average Bonchev–Trinajstić information content (AvgIpc) is 3.16. The van der Waals surface area contributed by atoms with Crippen LogP contribution in [0.15, 0.2) is 72.1 Å². The molecule has 7 heteroatoms. The van der Waals surface area contributed by atoms with Gasteiger partial charge in [-0.25, -0.2) is 4.98 Å². The van der Waals surface area contributed by atoms with Gasteiger partial charge >= 0.3 is 0 Å². The van der Waals surface area contributed by atoms with Gasteiger partial charge in [-0.2, -0.15) is 0 Å². The van der Waals surface area contributed by atoms with E-state index < -0.39 is 0 Å². The van der Waals surface area contributed by atoms with Crippen LogP contribution in [0.2, 0.25) is 5.02 Å². The molecule has 0 unspecified atom stereocenters. The molecule has 4 aromatic rings. The van der Waals surface area contributed by atoms with Crippen molar-refractivity contribution in [1.82, 2.24) is 19.9 Å². The topological polar surface area (TPSA) is 59.8 Å². The Kier molecular flexibility index (Phi) is 7.12. The van der Waals surface area contributed by atoms with Crippen LogP contribution in [0.3, 0.4) is 0 Å². The van der Waals surface area contributed by atoms with Crippen LogP contribution >= 0.6 is 23.4 Å². The first-order valence-electron chi connectivity index (χ1n) is 10.6. The number of nitrogens with zero attached hydrogens (tertiary/aromatic N) is 3. The van der Waals surface area contributed by atoms with Crippen LogP contribution in [-0.2, 0) is 12.3 Å². The molecule has 0 saturated heterocycles. The lowest BCUT2D eigenvalue weighted by molar-refractivity contribution is 0.0939. The zero-order valence-electron chi connectivity index (χ0n) is 18.1. The van der Waals surface area contributed by atoms with Gasteiger partial charge in [0.2, 0.25) is 0 Å². The number of halogens is 1. The zero-order valence-corrected chi connectivity index (χ0v) is 19.7.